The molecule has 3 nitrogen and oxygen atoms in total. The average molecular weight is 190 g/mol. The summed E-state index contributed by atoms with van der Waals surface area (Å²) in [6.07, 6.45) is 4.33. The molecule has 14 heavy (non-hydrogen) atoms. The van der Waals surface area contributed by atoms with Gasteiger partial charge in [0, 0.05) is 12.5 Å². The molecule has 0 bridgehead atoms. The number of hydrogen-bond donors (Lipinski definition) is 0. The maximum absolute atomic E-state index is 11.6. The van der Waals surface area contributed by atoms with Gasteiger partial charge in [0.1, 0.15) is 5.69 Å². The number of carbonyl (C=O) groups is 1. The summed E-state index contributed by atoms with van der Waals surface area (Å²) in [4.78, 5) is 15.8. The maximum Gasteiger partial charge on any atom is 0.187 e. The highest BCUT2D eigenvalue weighted by Gasteiger charge is 2.21. The van der Waals surface area contributed by atoms with Gasteiger partial charge >= 0.3 is 0 Å². The first-order chi connectivity index (χ1) is 6.59. The number of hydrogen-bond acceptors (Lipinski definition) is 2. The molecule has 3 heteroatoms. The predicted molar refractivity (Wildman–Crippen MR) is 55.2 cm³/mol. The van der Waals surface area contributed by atoms with Crippen molar-refractivity contribution in [2.75, 3.05) is 0 Å². The van der Waals surface area contributed by atoms with Crippen molar-refractivity contribution in [1.82, 2.24) is 9.55 Å². The molecule has 74 valence electrons. The Bertz CT molecular complexity index is 413. The molecular weight excluding hydrogens is 176 g/mol. The minimum atomic E-state index is 0.138. The molecule has 0 unspecified atom stereocenters. The second-order valence-corrected chi connectivity index (χ2v) is 4.07. The van der Waals surface area contributed by atoms with Gasteiger partial charge in [-0.05, 0) is 26.8 Å². The number of nitrogens with zero attached hydrogens (tertiary/aromatic N) is 2. The van der Waals surface area contributed by atoms with Crippen LogP contribution in [0.25, 0.3) is 6.08 Å². The van der Waals surface area contributed by atoms with Crippen molar-refractivity contribution in [2.45, 2.75) is 33.2 Å². The molecule has 1 heterocycles. The summed E-state index contributed by atoms with van der Waals surface area (Å²) < 4.78 is 2.04. The normalized spacial score (nSPS) is 15.7. The highest BCUT2D eigenvalue weighted by atomic mass is 16.1. The lowest BCUT2D eigenvalue weighted by molar-refractivity contribution is 0.0987. The van der Waals surface area contributed by atoms with Crippen LogP contribution in [0.1, 0.15) is 49.4 Å². The van der Waals surface area contributed by atoms with Crippen molar-refractivity contribution in [3.8, 4) is 0 Å². The van der Waals surface area contributed by atoms with Crippen LogP contribution in [0.2, 0.25) is 0 Å². The fourth-order valence-electron chi connectivity index (χ4n) is 1.76. The summed E-state index contributed by atoms with van der Waals surface area (Å²) in [6, 6.07) is 0.348. The van der Waals surface area contributed by atoms with Gasteiger partial charge < -0.3 is 4.57 Å². The fraction of sp³-hybridized carbons (Fsp3) is 0.455. The van der Waals surface area contributed by atoms with E-state index in [9.17, 15) is 4.79 Å². The second-order valence-electron chi connectivity index (χ2n) is 4.07. The molecule has 0 saturated carbocycles. The topological polar surface area (TPSA) is 34.9 Å². The van der Waals surface area contributed by atoms with E-state index < -0.39 is 0 Å². The van der Waals surface area contributed by atoms with Crippen LogP contribution in [0.15, 0.2) is 11.9 Å². The standard InChI is InChI=1S/C11H14N2O/c1-7(2)13-6-12-11-9(13)4-8(3)5-10(11)14/h4,6-7H,5H2,1-3H3. The minimum absolute atomic E-state index is 0.138. The number of aromatic nitrogens is 2. The summed E-state index contributed by atoms with van der Waals surface area (Å²) in [7, 11) is 0. The Balaban J connectivity index is 2.58. The smallest absolute Gasteiger partial charge is 0.187 e. The van der Waals surface area contributed by atoms with Gasteiger partial charge in [-0.25, -0.2) is 4.98 Å². The number of rotatable bonds is 1. The zero-order valence-corrected chi connectivity index (χ0v) is 8.74. The van der Waals surface area contributed by atoms with Gasteiger partial charge in [-0.15, -0.1) is 0 Å². The Kier molecular flexibility index (Phi) is 2.02. The molecule has 0 amide bonds. The predicted octanol–water partition coefficient (Wildman–Crippen LogP) is 2.45. The number of imidazole rings is 1. The summed E-state index contributed by atoms with van der Waals surface area (Å²) in [5, 5.41) is 0. The molecule has 1 aromatic rings. The van der Waals surface area contributed by atoms with Gasteiger partial charge in [0.25, 0.3) is 0 Å². The molecule has 0 aliphatic heterocycles. The zero-order valence-electron chi connectivity index (χ0n) is 8.74. The monoisotopic (exact) mass is 190 g/mol. The number of Topliss-reactive ketones (excluding diaryl/α,β-unsaturated/α-hetero) is 1. The number of allylic oxidation sites excluding steroid dienone is 1. The van der Waals surface area contributed by atoms with E-state index in [-0.39, 0.29) is 5.78 Å². The summed E-state index contributed by atoms with van der Waals surface area (Å²) in [5.74, 6) is 0.138. The molecule has 1 aliphatic carbocycles. The molecule has 0 spiro atoms. The number of fused-ring (bicyclic) bond motifs is 1. The first-order valence-electron chi connectivity index (χ1n) is 4.87. The molecule has 1 aliphatic rings. The first kappa shape index (κ1) is 9.19. The molecule has 0 saturated heterocycles. The largest absolute Gasteiger partial charge is 0.328 e. The van der Waals surface area contributed by atoms with Gasteiger partial charge in [0.05, 0.1) is 12.0 Å². The first-order valence-corrected chi connectivity index (χ1v) is 4.87. The molecule has 0 N–H and O–H groups in total. The van der Waals surface area contributed by atoms with Crippen molar-refractivity contribution in [2.24, 2.45) is 0 Å². The van der Waals surface area contributed by atoms with Crippen LogP contribution in [-0.4, -0.2) is 15.3 Å². The molecule has 2 rings (SSSR count). The van der Waals surface area contributed by atoms with Gasteiger partial charge in [0.15, 0.2) is 5.78 Å². The highest BCUT2D eigenvalue weighted by Crippen LogP contribution is 2.24. The lowest BCUT2D eigenvalue weighted by Gasteiger charge is -2.13. The number of carbonyl (C=O) groups excluding carboxylic acids is 1. The van der Waals surface area contributed by atoms with E-state index in [4.69, 9.17) is 0 Å². The summed E-state index contributed by atoms with van der Waals surface area (Å²) >= 11 is 0. The van der Waals surface area contributed by atoms with Crippen LogP contribution in [0.5, 0.6) is 0 Å². The fourth-order valence-corrected chi connectivity index (χ4v) is 1.76. The molecule has 0 aromatic carbocycles. The SMILES string of the molecule is CC1=Cc2c(ncn2C(C)C)C(=O)C1. The maximum atomic E-state index is 11.6. The van der Waals surface area contributed by atoms with Crippen molar-refractivity contribution in [1.29, 1.82) is 0 Å². The van der Waals surface area contributed by atoms with Crippen LogP contribution in [0, 0.1) is 0 Å². The number of ketones is 1. The van der Waals surface area contributed by atoms with Crippen LogP contribution in [0.3, 0.4) is 0 Å². The van der Waals surface area contributed by atoms with Crippen molar-refractivity contribution in [3.05, 3.63) is 23.3 Å². The Morgan fingerprint density at radius 2 is 2.21 bits per heavy atom. The Morgan fingerprint density at radius 3 is 2.86 bits per heavy atom. The third-order valence-electron chi connectivity index (χ3n) is 2.48. The van der Waals surface area contributed by atoms with E-state index in [1.807, 2.05) is 11.5 Å². The van der Waals surface area contributed by atoms with E-state index in [0.717, 1.165) is 11.3 Å². The molecular formula is C11H14N2O. The average Bonchev–Trinajstić information content (AvgIpc) is 2.47. The van der Waals surface area contributed by atoms with E-state index in [0.29, 0.717) is 18.2 Å². The Labute approximate surface area is 83.5 Å². The van der Waals surface area contributed by atoms with Crippen LogP contribution in [-0.2, 0) is 0 Å². The Hall–Kier alpha value is -1.38. The Morgan fingerprint density at radius 1 is 1.50 bits per heavy atom. The van der Waals surface area contributed by atoms with Crippen molar-refractivity contribution in [3.63, 3.8) is 0 Å². The van der Waals surface area contributed by atoms with E-state index in [1.54, 1.807) is 6.33 Å². The van der Waals surface area contributed by atoms with Gasteiger partial charge in [-0.1, -0.05) is 5.57 Å². The van der Waals surface area contributed by atoms with Gasteiger partial charge in [-0.2, -0.15) is 0 Å². The van der Waals surface area contributed by atoms with Gasteiger partial charge in [-0.3, -0.25) is 4.79 Å². The van der Waals surface area contributed by atoms with E-state index in [1.165, 1.54) is 0 Å². The van der Waals surface area contributed by atoms with E-state index >= 15 is 0 Å². The van der Waals surface area contributed by atoms with Crippen molar-refractivity contribution >= 4 is 11.9 Å². The minimum Gasteiger partial charge on any atom is -0.328 e. The van der Waals surface area contributed by atoms with Crippen molar-refractivity contribution < 1.29 is 4.79 Å². The lowest BCUT2D eigenvalue weighted by Crippen LogP contribution is -2.10. The third kappa shape index (κ3) is 1.29. The van der Waals surface area contributed by atoms with Gasteiger partial charge in [0.2, 0.25) is 0 Å². The molecule has 0 atom stereocenters. The second kappa shape index (κ2) is 3.08. The molecule has 0 fully saturated rings. The highest BCUT2D eigenvalue weighted by molar-refractivity contribution is 6.01. The zero-order chi connectivity index (χ0) is 10.3. The lowest BCUT2D eigenvalue weighted by atomic mass is 10.00. The van der Waals surface area contributed by atoms with Crippen LogP contribution < -0.4 is 0 Å². The summed E-state index contributed by atoms with van der Waals surface area (Å²) in [5.41, 5.74) is 2.71. The van der Waals surface area contributed by atoms with Crippen LogP contribution >= 0.6 is 0 Å². The molecule has 0 radical (unpaired) electrons. The quantitative estimate of drug-likeness (QED) is 0.681. The molecule has 1 aromatic heterocycles. The van der Waals surface area contributed by atoms with Crippen LogP contribution in [0.4, 0.5) is 0 Å². The third-order valence-corrected chi connectivity index (χ3v) is 2.48. The van der Waals surface area contributed by atoms with E-state index in [2.05, 4.69) is 24.9 Å². The summed E-state index contributed by atoms with van der Waals surface area (Å²) in [6.45, 7) is 6.16.